The summed E-state index contributed by atoms with van der Waals surface area (Å²) < 4.78 is 0.992. The first-order valence-electron chi connectivity index (χ1n) is 10.7. The molecule has 0 unspecified atom stereocenters. The molecule has 1 saturated heterocycles. The number of para-hydroxylation sites is 2. The maximum absolute atomic E-state index is 13.0. The van der Waals surface area contributed by atoms with Crippen LogP contribution in [0.15, 0.2) is 58.3 Å². The zero-order chi connectivity index (χ0) is 22.9. The lowest BCUT2D eigenvalue weighted by Crippen LogP contribution is -2.43. The average Bonchev–Trinajstić information content (AvgIpc) is 2.81. The molecule has 1 aliphatic rings. The highest BCUT2D eigenvalue weighted by atomic mass is 16.2. The van der Waals surface area contributed by atoms with Gasteiger partial charge in [-0.05, 0) is 42.8 Å². The molecule has 4 aromatic rings. The Morgan fingerprint density at radius 2 is 1.85 bits per heavy atom. The summed E-state index contributed by atoms with van der Waals surface area (Å²) in [6.07, 6.45) is 1.40. The minimum absolute atomic E-state index is 0.155. The SMILES string of the molecule is Cc1cc(Nc2ncc3c(=O)n(-c4ccccc4N)c(=O)[nH]c3n2)ccc1N1CCNCC1. The van der Waals surface area contributed by atoms with Crippen molar-refractivity contribution in [3.8, 4) is 5.69 Å². The monoisotopic (exact) mass is 444 g/mol. The Kier molecular flexibility index (Phi) is 5.27. The van der Waals surface area contributed by atoms with Gasteiger partial charge in [-0.25, -0.2) is 14.3 Å². The molecular formula is C23H24N8O2. The standard InChI is InChI=1S/C23H24N8O2/c1-14-12-15(6-7-18(14)30-10-8-25-9-11-30)27-22-26-13-16-20(28-22)29-23(33)31(21(16)32)19-5-3-2-4-17(19)24/h2-7,12-13,25H,8-11,24H2,1H3,(H2,26,27,28,29,33). The number of fused-ring (bicyclic) bond motifs is 1. The van der Waals surface area contributed by atoms with Gasteiger partial charge in [-0.15, -0.1) is 0 Å². The number of nitrogens with zero attached hydrogens (tertiary/aromatic N) is 4. The van der Waals surface area contributed by atoms with Crippen LogP contribution in [0, 0.1) is 6.92 Å². The first kappa shape index (κ1) is 20.7. The maximum atomic E-state index is 13.0. The van der Waals surface area contributed by atoms with Crippen molar-refractivity contribution in [2.24, 2.45) is 0 Å². The Bertz CT molecular complexity index is 1450. The number of benzene rings is 2. The number of aryl methyl sites for hydroxylation is 1. The van der Waals surface area contributed by atoms with E-state index in [1.807, 2.05) is 12.1 Å². The summed E-state index contributed by atoms with van der Waals surface area (Å²) in [7, 11) is 0. The summed E-state index contributed by atoms with van der Waals surface area (Å²) in [4.78, 5) is 39.3. The van der Waals surface area contributed by atoms with Gasteiger partial charge in [0.15, 0.2) is 5.65 Å². The van der Waals surface area contributed by atoms with Gasteiger partial charge in [0.2, 0.25) is 5.95 Å². The van der Waals surface area contributed by atoms with E-state index in [9.17, 15) is 9.59 Å². The number of nitrogens with one attached hydrogen (secondary N) is 3. The third-order valence-electron chi connectivity index (χ3n) is 5.74. The number of aromatic nitrogens is 4. The fourth-order valence-corrected chi connectivity index (χ4v) is 4.10. The number of H-pyrrole nitrogens is 1. The normalized spacial score (nSPS) is 13.9. The number of nitrogens with two attached hydrogens (primary N) is 1. The van der Waals surface area contributed by atoms with Crippen LogP contribution in [0.1, 0.15) is 5.56 Å². The second-order valence-corrected chi connectivity index (χ2v) is 7.95. The first-order chi connectivity index (χ1) is 16.0. The number of piperazine rings is 1. The summed E-state index contributed by atoms with van der Waals surface area (Å²) in [5.74, 6) is 0.281. The van der Waals surface area contributed by atoms with Gasteiger partial charge in [-0.1, -0.05) is 12.1 Å². The minimum Gasteiger partial charge on any atom is -0.397 e. The van der Waals surface area contributed by atoms with E-state index in [-0.39, 0.29) is 17.0 Å². The van der Waals surface area contributed by atoms with Crippen molar-refractivity contribution in [1.82, 2.24) is 24.8 Å². The van der Waals surface area contributed by atoms with Gasteiger partial charge in [0.05, 0.1) is 11.4 Å². The quantitative estimate of drug-likeness (QED) is 0.348. The summed E-state index contributed by atoms with van der Waals surface area (Å²) in [5.41, 5.74) is 8.75. The zero-order valence-electron chi connectivity index (χ0n) is 18.1. The molecule has 33 heavy (non-hydrogen) atoms. The van der Waals surface area contributed by atoms with Crippen LogP contribution >= 0.6 is 0 Å². The molecule has 3 heterocycles. The van der Waals surface area contributed by atoms with E-state index < -0.39 is 11.2 Å². The number of aromatic amines is 1. The Morgan fingerprint density at radius 3 is 2.61 bits per heavy atom. The average molecular weight is 444 g/mol. The molecule has 1 fully saturated rings. The molecule has 2 aromatic heterocycles. The van der Waals surface area contributed by atoms with Gasteiger partial charge >= 0.3 is 5.69 Å². The van der Waals surface area contributed by atoms with Gasteiger partial charge in [-0.3, -0.25) is 9.78 Å². The smallest absolute Gasteiger partial charge is 0.334 e. The molecule has 10 heteroatoms. The lowest BCUT2D eigenvalue weighted by atomic mass is 10.1. The van der Waals surface area contributed by atoms with E-state index in [0.717, 1.165) is 42.0 Å². The van der Waals surface area contributed by atoms with Crippen molar-refractivity contribution in [3.05, 3.63) is 75.1 Å². The molecule has 0 spiro atoms. The number of anilines is 4. The molecule has 1 aliphatic heterocycles. The van der Waals surface area contributed by atoms with Crippen LogP contribution in [-0.2, 0) is 0 Å². The molecule has 0 radical (unpaired) electrons. The number of nitrogen functional groups attached to an aromatic ring is 1. The van der Waals surface area contributed by atoms with Gasteiger partial charge < -0.3 is 21.3 Å². The fraction of sp³-hybridized carbons (Fsp3) is 0.217. The van der Waals surface area contributed by atoms with Crippen molar-refractivity contribution in [1.29, 1.82) is 0 Å². The van der Waals surface area contributed by atoms with Crippen molar-refractivity contribution >= 4 is 34.0 Å². The number of hydrogen-bond acceptors (Lipinski definition) is 8. The second-order valence-electron chi connectivity index (χ2n) is 7.95. The van der Waals surface area contributed by atoms with Crippen molar-refractivity contribution in [3.63, 3.8) is 0 Å². The highest BCUT2D eigenvalue weighted by Gasteiger charge is 2.15. The molecule has 5 rings (SSSR count). The molecule has 0 bridgehead atoms. The highest BCUT2D eigenvalue weighted by molar-refractivity contribution is 5.75. The first-order valence-corrected chi connectivity index (χ1v) is 10.7. The van der Waals surface area contributed by atoms with Crippen LogP contribution in [0.5, 0.6) is 0 Å². The molecule has 5 N–H and O–H groups in total. The van der Waals surface area contributed by atoms with E-state index in [4.69, 9.17) is 5.73 Å². The van der Waals surface area contributed by atoms with E-state index in [2.05, 4.69) is 43.5 Å². The van der Waals surface area contributed by atoms with E-state index in [0.29, 0.717) is 11.4 Å². The minimum atomic E-state index is -0.619. The van der Waals surface area contributed by atoms with Crippen molar-refractivity contribution < 1.29 is 0 Å². The van der Waals surface area contributed by atoms with Crippen LogP contribution < -0.4 is 32.5 Å². The van der Waals surface area contributed by atoms with Crippen LogP contribution in [0.2, 0.25) is 0 Å². The van der Waals surface area contributed by atoms with Crippen molar-refractivity contribution in [2.75, 3.05) is 42.1 Å². The fourth-order valence-electron chi connectivity index (χ4n) is 4.10. The van der Waals surface area contributed by atoms with Gasteiger partial charge in [0.25, 0.3) is 5.56 Å². The predicted octanol–water partition coefficient (Wildman–Crippen LogP) is 1.51. The molecule has 0 aliphatic carbocycles. The number of hydrogen-bond donors (Lipinski definition) is 4. The molecule has 168 valence electrons. The molecule has 0 saturated carbocycles. The lowest BCUT2D eigenvalue weighted by molar-refractivity contribution is 0.588. The summed E-state index contributed by atoms with van der Waals surface area (Å²) in [6, 6.07) is 12.8. The van der Waals surface area contributed by atoms with Gasteiger partial charge in [0.1, 0.15) is 5.39 Å². The lowest BCUT2D eigenvalue weighted by Gasteiger charge is -2.30. The summed E-state index contributed by atoms with van der Waals surface area (Å²) >= 11 is 0. The highest BCUT2D eigenvalue weighted by Crippen LogP contribution is 2.25. The van der Waals surface area contributed by atoms with Gasteiger partial charge in [0, 0.05) is 43.8 Å². The Labute approximate surface area is 189 Å². The third-order valence-corrected chi connectivity index (χ3v) is 5.74. The topological polar surface area (TPSA) is 134 Å². The van der Waals surface area contributed by atoms with E-state index in [1.165, 1.54) is 11.9 Å². The molecule has 0 atom stereocenters. The Morgan fingerprint density at radius 1 is 1.06 bits per heavy atom. The Balaban J connectivity index is 1.46. The second kappa shape index (κ2) is 8.40. The van der Waals surface area contributed by atoms with Crippen LogP contribution in [0.25, 0.3) is 16.7 Å². The molecule has 2 aromatic carbocycles. The zero-order valence-corrected chi connectivity index (χ0v) is 18.1. The number of rotatable bonds is 4. The van der Waals surface area contributed by atoms with Crippen LogP contribution in [0.3, 0.4) is 0 Å². The van der Waals surface area contributed by atoms with Crippen LogP contribution in [0.4, 0.5) is 23.0 Å². The molecular weight excluding hydrogens is 420 g/mol. The molecule has 0 amide bonds. The van der Waals surface area contributed by atoms with Crippen molar-refractivity contribution in [2.45, 2.75) is 6.92 Å². The summed E-state index contributed by atoms with van der Waals surface area (Å²) in [5, 5.41) is 6.71. The predicted molar refractivity (Wildman–Crippen MR) is 130 cm³/mol. The van der Waals surface area contributed by atoms with E-state index in [1.54, 1.807) is 24.3 Å². The molecule has 10 nitrogen and oxygen atoms in total. The largest absolute Gasteiger partial charge is 0.397 e. The summed E-state index contributed by atoms with van der Waals surface area (Å²) in [6.45, 7) is 5.96. The van der Waals surface area contributed by atoms with Gasteiger partial charge in [-0.2, -0.15) is 4.98 Å². The Hall–Kier alpha value is -4.18. The maximum Gasteiger partial charge on any atom is 0.334 e. The third kappa shape index (κ3) is 3.92. The van der Waals surface area contributed by atoms with E-state index >= 15 is 0 Å². The van der Waals surface area contributed by atoms with Crippen LogP contribution in [-0.4, -0.2) is 45.7 Å².